The fourth-order valence-electron chi connectivity index (χ4n) is 2.47. The Bertz CT molecular complexity index is 879. The molecule has 1 amide bonds. The summed E-state index contributed by atoms with van der Waals surface area (Å²) in [6, 6.07) is 15.9. The molecule has 1 aromatic heterocycles. The number of amides is 1. The van der Waals surface area contributed by atoms with Gasteiger partial charge in [0, 0.05) is 18.3 Å². The number of hydrogen-bond donors (Lipinski definition) is 1. The highest BCUT2D eigenvalue weighted by Gasteiger charge is 2.08. The van der Waals surface area contributed by atoms with E-state index in [4.69, 9.17) is 0 Å². The predicted molar refractivity (Wildman–Crippen MR) is 92.1 cm³/mol. The van der Waals surface area contributed by atoms with Gasteiger partial charge >= 0.3 is 0 Å². The van der Waals surface area contributed by atoms with Crippen molar-refractivity contribution in [3.05, 3.63) is 89.8 Å². The van der Waals surface area contributed by atoms with Crippen LogP contribution in [0.5, 0.6) is 0 Å². The number of rotatable bonds is 5. The molecule has 3 rings (SSSR count). The van der Waals surface area contributed by atoms with Gasteiger partial charge in [-0.3, -0.25) is 9.78 Å². The molecule has 0 aliphatic rings. The predicted octanol–water partition coefficient (Wildman–Crippen LogP) is 4.00. The lowest BCUT2D eigenvalue weighted by Crippen LogP contribution is -2.26. The van der Waals surface area contributed by atoms with Crippen LogP contribution in [-0.4, -0.2) is 17.4 Å². The zero-order chi connectivity index (χ0) is 17.6. The second-order valence-corrected chi connectivity index (χ2v) is 5.54. The summed E-state index contributed by atoms with van der Waals surface area (Å²) >= 11 is 0. The highest BCUT2D eigenvalue weighted by atomic mass is 19.1. The molecule has 2 aromatic carbocycles. The summed E-state index contributed by atoms with van der Waals surface area (Å²) in [5, 5.41) is 2.71. The molecule has 3 nitrogen and oxygen atoms in total. The minimum atomic E-state index is -0.331. The SMILES string of the molecule is O=C(NCCc1ccccc1F)c1ccc(-c2cccc(F)c2)cn1. The summed E-state index contributed by atoms with van der Waals surface area (Å²) < 4.78 is 26.8. The van der Waals surface area contributed by atoms with Gasteiger partial charge in [-0.05, 0) is 41.8 Å². The highest BCUT2D eigenvalue weighted by Crippen LogP contribution is 2.19. The monoisotopic (exact) mass is 338 g/mol. The second-order valence-electron chi connectivity index (χ2n) is 5.54. The Kier molecular flexibility index (Phi) is 5.14. The third-order valence-corrected chi connectivity index (χ3v) is 3.79. The molecule has 0 fully saturated rings. The maximum Gasteiger partial charge on any atom is 0.269 e. The van der Waals surface area contributed by atoms with Crippen molar-refractivity contribution < 1.29 is 13.6 Å². The Balaban J connectivity index is 1.60. The normalized spacial score (nSPS) is 10.5. The number of hydrogen-bond acceptors (Lipinski definition) is 2. The lowest BCUT2D eigenvalue weighted by molar-refractivity contribution is 0.0949. The van der Waals surface area contributed by atoms with E-state index in [0.717, 1.165) is 5.56 Å². The average Bonchev–Trinajstić information content (AvgIpc) is 2.63. The summed E-state index contributed by atoms with van der Waals surface area (Å²) in [5.41, 5.74) is 2.23. The molecule has 0 aliphatic carbocycles. The first kappa shape index (κ1) is 16.8. The number of halogens is 2. The van der Waals surface area contributed by atoms with E-state index in [9.17, 15) is 13.6 Å². The van der Waals surface area contributed by atoms with E-state index in [-0.39, 0.29) is 23.2 Å². The Morgan fingerprint density at radius 3 is 2.52 bits per heavy atom. The quantitative estimate of drug-likeness (QED) is 0.764. The smallest absolute Gasteiger partial charge is 0.269 e. The van der Waals surface area contributed by atoms with Gasteiger partial charge in [0.05, 0.1) is 0 Å². The number of nitrogens with zero attached hydrogens (tertiary/aromatic N) is 1. The largest absolute Gasteiger partial charge is 0.350 e. The zero-order valence-corrected chi connectivity index (χ0v) is 13.4. The average molecular weight is 338 g/mol. The van der Waals surface area contributed by atoms with Crippen LogP contribution in [0.3, 0.4) is 0 Å². The van der Waals surface area contributed by atoms with Gasteiger partial charge in [-0.1, -0.05) is 36.4 Å². The zero-order valence-electron chi connectivity index (χ0n) is 13.4. The molecule has 5 heteroatoms. The first-order valence-electron chi connectivity index (χ1n) is 7.87. The van der Waals surface area contributed by atoms with Gasteiger partial charge in [0.15, 0.2) is 0 Å². The van der Waals surface area contributed by atoms with E-state index >= 15 is 0 Å². The Labute approximate surface area is 144 Å². The van der Waals surface area contributed by atoms with E-state index in [0.29, 0.717) is 24.1 Å². The molecule has 0 atom stereocenters. The van der Waals surface area contributed by atoms with Crippen molar-refractivity contribution in [2.75, 3.05) is 6.54 Å². The Hall–Kier alpha value is -3.08. The lowest BCUT2D eigenvalue weighted by atomic mass is 10.1. The lowest BCUT2D eigenvalue weighted by Gasteiger charge is -2.07. The molecule has 1 heterocycles. The highest BCUT2D eigenvalue weighted by molar-refractivity contribution is 5.92. The number of aromatic nitrogens is 1. The van der Waals surface area contributed by atoms with Crippen LogP contribution in [0, 0.1) is 11.6 Å². The van der Waals surface area contributed by atoms with E-state index in [1.807, 2.05) is 0 Å². The molecule has 0 saturated carbocycles. The van der Waals surface area contributed by atoms with Gasteiger partial charge in [-0.2, -0.15) is 0 Å². The molecular formula is C20H16F2N2O. The van der Waals surface area contributed by atoms with Crippen LogP contribution in [0.25, 0.3) is 11.1 Å². The van der Waals surface area contributed by atoms with Gasteiger partial charge in [0.2, 0.25) is 0 Å². The van der Waals surface area contributed by atoms with E-state index in [2.05, 4.69) is 10.3 Å². The molecule has 0 radical (unpaired) electrons. The molecule has 3 aromatic rings. The second kappa shape index (κ2) is 7.66. The summed E-state index contributed by atoms with van der Waals surface area (Å²) in [5.74, 6) is -0.941. The van der Waals surface area contributed by atoms with Crippen molar-refractivity contribution in [3.63, 3.8) is 0 Å². The minimum Gasteiger partial charge on any atom is -0.350 e. The topological polar surface area (TPSA) is 42.0 Å². The molecule has 126 valence electrons. The first-order valence-corrected chi connectivity index (χ1v) is 7.87. The van der Waals surface area contributed by atoms with Crippen LogP contribution in [0.4, 0.5) is 8.78 Å². The van der Waals surface area contributed by atoms with Crippen LogP contribution in [0.1, 0.15) is 16.1 Å². The Morgan fingerprint density at radius 1 is 0.960 bits per heavy atom. The molecule has 0 bridgehead atoms. The third-order valence-electron chi connectivity index (χ3n) is 3.79. The third kappa shape index (κ3) is 4.26. The summed E-state index contributed by atoms with van der Waals surface area (Å²) in [6.07, 6.45) is 1.93. The minimum absolute atomic E-state index is 0.258. The number of nitrogens with one attached hydrogen (secondary N) is 1. The molecule has 0 aliphatic heterocycles. The van der Waals surface area contributed by atoms with Crippen LogP contribution in [0.2, 0.25) is 0 Å². The van der Waals surface area contributed by atoms with Crippen molar-refractivity contribution >= 4 is 5.91 Å². The van der Waals surface area contributed by atoms with Crippen LogP contribution >= 0.6 is 0 Å². The number of carbonyl (C=O) groups excluding carboxylic acids is 1. The van der Waals surface area contributed by atoms with Crippen molar-refractivity contribution in [1.82, 2.24) is 10.3 Å². The van der Waals surface area contributed by atoms with Crippen LogP contribution < -0.4 is 5.32 Å². The van der Waals surface area contributed by atoms with Gasteiger partial charge < -0.3 is 5.32 Å². The standard InChI is InChI=1S/C20H16F2N2O/c21-17-6-3-5-15(12-17)16-8-9-19(24-13-16)20(25)23-11-10-14-4-1-2-7-18(14)22/h1-9,12-13H,10-11H2,(H,23,25). The van der Waals surface area contributed by atoms with E-state index in [1.165, 1.54) is 24.4 Å². The summed E-state index contributed by atoms with van der Waals surface area (Å²) in [6.45, 7) is 0.313. The number of pyridine rings is 1. The maximum absolute atomic E-state index is 13.5. The van der Waals surface area contributed by atoms with Crippen LogP contribution in [0.15, 0.2) is 66.9 Å². The van der Waals surface area contributed by atoms with Gasteiger partial charge in [0.1, 0.15) is 17.3 Å². The number of carbonyl (C=O) groups is 1. The first-order chi connectivity index (χ1) is 12.1. The number of benzene rings is 2. The van der Waals surface area contributed by atoms with E-state index < -0.39 is 0 Å². The molecule has 0 saturated heterocycles. The molecular weight excluding hydrogens is 322 g/mol. The van der Waals surface area contributed by atoms with Crippen molar-refractivity contribution in [1.29, 1.82) is 0 Å². The molecule has 25 heavy (non-hydrogen) atoms. The molecule has 0 unspecified atom stereocenters. The fourth-order valence-corrected chi connectivity index (χ4v) is 2.47. The Morgan fingerprint density at radius 2 is 1.80 bits per heavy atom. The van der Waals surface area contributed by atoms with Crippen molar-refractivity contribution in [2.24, 2.45) is 0 Å². The summed E-state index contributed by atoms with van der Waals surface area (Å²) in [4.78, 5) is 16.2. The van der Waals surface area contributed by atoms with E-state index in [1.54, 1.807) is 42.5 Å². The van der Waals surface area contributed by atoms with Crippen LogP contribution in [-0.2, 0) is 6.42 Å². The summed E-state index contributed by atoms with van der Waals surface area (Å²) in [7, 11) is 0. The molecule has 0 spiro atoms. The van der Waals surface area contributed by atoms with Gasteiger partial charge in [0.25, 0.3) is 5.91 Å². The van der Waals surface area contributed by atoms with Crippen molar-refractivity contribution in [2.45, 2.75) is 6.42 Å². The maximum atomic E-state index is 13.5. The van der Waals surface area contributed by atoms with Gasteiger partial charge in [-0.15, -0.1) is 0 Å². The van der Waals surface area contributed by atoms with Gasteiger partial charge in [-0.25, -0.2) is 8.78 Å². The fraction of sp³-hybridized carbons (Fsp3) is 0.100. The van der Waals surface area contributed by atoms with Crippen molar-refractivity contribution in [3.8, 4) is 11.1 Å². The molecule has 1 N–H and O–H groups in total.